The van der Waals surface area contributed by atoms with E-state index in [0.29, 0.717) is 29.0 Å². The van der Waals surface area contributed by atoms with Crippen molar-refractivity contribution < 1.29 is 13.9 Å². The van der Waals surface area contributed by atoms with Crippen LogP contribution in [0, 0.1) is 5.82 Å². The number of aromatic nitrogens is 2. The fourth-order valence-electron chi connectivity index (χ4n) is 2.04. The molecule has 3 N–H and O–H groups in total. The molecule has 0 saturated heterocycles. The zero-order valence-corrected chi connectivity index (χ0v) is 14.1. The Labute approximate surface area is 143 Å². The summed E-state index contributed by atoms with van der Waals surface area (Å²) in [5, 5.41) is 0.547. The zero-order chi connectivity index (χ0) is 17.5. The first kappa shape index (κ1) is 18.0. The number of carbonyl (C=O) groups excluding carboxylic acids is 1. The van der Waals surface area contributed by atoms with Crippen molar-refractivity contribution in [1.82, 2.24) is 15.4 Å². The van der Waals surface area contributed by atoms with Crippen molar-refractivity contribution in [2.45, 2.75) is 12.1 Å². The van der Waals surface area contributed by atoms with E-state index in [4.69, 9.17) is 10.6 Å². The minimum atomic E-state index is -0.432. The number of halogens is 1. The van der Waals surface area contributed by atoms with Gasteiger partial charge in [-0.2, -0.15) is 0 Å². The summed E-state index contributed by atoms with van der Waals surface area (Å²) in [6.07, 6.45) is 3.44. The van der Waals surface area contributed by atoms with Gasteiger partial charge in [-0.25, -0.2) is 20.2 Å². The number of amides is 1. The van der Waals surface area contributed by atoms with E-state index in [1.807, 2.05) is 6.26 Å². The number of benzene rings is 1. The maximum absolute atomic E-state index is 13.6. The van der Waals surface area contributed by atoms with E-state index in [1.165, 1.54) is 30.0 Å². The van der Waals surface area contributed by atoms with Gasteiger partial charge in [-0.3, -0.25) is 10.2 Å². The summed E-state index contributed by atoms with van der Waals surface area (Å²) in [4.78, 5) is 21.9. The van der Waals surface area contributed by atoms with Crippen molar-refractivity contribution >= 4 is 29.2 Å². The molecule has 1 aromatic heterocycles. The summed E-state index contributed by atoms with van der Waals surface area (Å²) in [6.45, 7) is 2.04. The highest BCUT2D eigenvalue weighted by molar-refractivity contribution is 7.98. The highest BCUT2D eigenvalue weighted by Gasteiger charge is 2.19. The largest absolute Gasteiger partial charge is 0.492 e. The molecular formula is C15H18FN5O2S. The van der Waals surface area contributed by atoms with Gasteiger partial charge in [0.25, 0.3) is 5.91 Å². The number of hydrazine groups is 1. The second-order valence-electron chi connectivity index (χ2n) is 4.60. The van der Waals surface area contributed by atoms with Crippen LogP contribution in [0.1, 0.15) is 6.92 Å². The Morgan fingerprint density at radius 2 is 2.25 bits per heavy atom. The second-order valence-corrected chi connectivity index (χ2v) is 5.37. The van der Waals surface area contributed by atoms with Gasteiger partial charge in [-0.15, -0.1) is 0 Å². The van der Waals surface area contributed by atoms with Crippen LogP contribution in [0.4, 0.5) is 15.9 Å². The monoisotopic (exact) mass is 351 g/mol. The van der Waals surface area contributed by atoms with Crippen LogP contribution in [0.25, 0.3) is 0 Å². The van der Waals surface area contributed by atoms with E-state index < -0.39 is 11.7 Å². The average molecular weight is 351 g/mol. The van der Waals surface area contributed by atoms with Gasteiger partial charge >= 0.3 is 0 Å². The molecule has 1 amide bonds. The van der Waals surface area contributed by atoms with Gasteiger partial charge in [0.15, 0.2) is 5.16 Å². The van der Waals surface area contributed by atoms with E-state index in [0.717, 1.165) is 0 Å². The molecule has 0 fully saturated rings. The van der Waals surface area contributed by atoms with E-state index in [1.54, 1.807) is 24.1 Å². The predicted molar refractivity (Wildman–Crippen MR) is 90.7 cm³/mol. The Hall–Kier alpha value is -2.39. The number of nitrogens with two attached hydrogens (primary N) is 1. The highest BCUT2D eigenvalue weighted by Crippen LogP contribution is 2.34. The number of carbonyl (C=O) groups is 1. The number of thioether (sulfide) groups is 1. The summed E-state index contributed by atoms with van der Waals surface area (Å²) in [5.41, 5.74) is 2.59. The maximum Gasteiger partial charge on any atom is 0.253 e. The minimum Gasteiger partial charge on any atom is -0.492 e. The number of nitrogens with one attached hydrogen (secondary N) is 1. The second kappa shape index (κ2) is 8.46. The standard InChI is InChI=1S/C15H18FN5O2S/c1-3-23-12-8-10(16)4-5-11(12)21(9-14(22)20-17)13-6-7-18-15(19-13)24-2/h4-8H,3,9,17H2,1-2H3,(H,20,22). The zero-order valence-electron chi connectivity index (χ0n) is 13.3. The Bertz CT molecular complexity index is 716. The molecule has 7 nitrogen and oxygen atoms in total. The number of hydrogen-bond acceptors (Lipinski definition) is 7. The Balaban J connectivity index is 2.51. The van der Waals surface area contributed by atoms with Crippen LogP contribution in [0.5, 0.6) is 5.75 Å². The number of anilines is 2. The van der Waals surface area contributed by atoms with Crippen LogP contribution in [-0.2, 0) is 4.79 Å². The van der Waals surface area contributed by atoms with Gasteiger partial charge in [0.2, 0.25) is 0 Å². The average Bonchev–Trinajstić information content (AvgIpc) is 2.60. The lowest BCUT2D eigenvalue weighted by Gasteiger charge is -2.25. The molecular weight excluding hydrogens is 333 g/mol. The molecule has 128 valence electrons. The summed E-state index contributed by atoms with van der Waals surface area (Å²) < 4.78 is 19.1. The minimum absolute atomic E-state index is 0.104. The third-order valence-corrected chi connectivity index (χ3v) is 3.61. The van der Waals surface area contributed by atoms with Gasteiger partial charge in [-0.05, 0) is 31.4 Å². The fourth-order valence-corrected chi connectivity index (χ4v) is 2.39. The third kappa shape index (κ3) is 4.33. The molecule has 0 aliphatic carbocycles. The first-order valence-corrected chi connectivity index (χ1v) is 8.37. The smallest absolute Gasteiger partial charge is 0.253 e. The third-order valence-electron chi connectivity index (χ3n) is 3.05. The topological polar surface area (TPSA) is 93.4 Å². The summed E-state index contributed by atoms with van der Waals surface area (Å²) in [6, 6.07) is 5.75. The number of rotatable bonds is 7. The van der Waals surface area contributed by atoms with Crippen molar-refractivity contribution in [3.63, 3.8) is 0 Å². The van der Waals surface area contributed by atoms with Crippen LogP contribution in [0.2, 0.25) is 0 Å². The molecule has 1 heterocycles. The highest BCUT2D eigenvalue weighted by atomic mass is 32.2. The van der Waals surface area contributed by atoms with Crippen LogP contribution >= 0.6 is 11.8 Å². The number of ether oxygens (including phenoxy) is 1. The molecule has 24 heavy (non-hydrogen) atoms. The van der Waals surface area contributed by atoms with E-state index in [-0.39, 0.29) is 6.54 Å². The van der Waals surface area contributed by atoms with Crippen molar-refractivity contribution in [1.29, 1.82) is 0 Å². The SMILES string of the molecule is CCOc1cc(F)ccc1N(CC(=O)NN)c1ccnc(SC)n1. The van der Waals surface area contributed by atoms with Crippen LogP contribution in [-0.4, -0.2) is 35.3 Å². The summed E-state index contributed by atoms with van der Waals surface area (Å²) in [5.74, 6) is 5.13. The van der Waals surface area contributed by atoms with Gasteiger partial charge in [-0.1, -0.05) is 11.8 Å². The maximum atomic E-state index is 13.6. The molecule has 0 spiro atoms. The predicted octanol–water partition coefficient (Wildman–Crippen LogP) is 1.86. The van der Waals surface area contributed by atoms with Gasteiger partial charge in [0.05, 0.1) is 12.3 Å². The Kier molecular flexibility index (Phi) is 6.33. The van der Waals surface area contributed by atoms with Crippen LogP contribution < -0.4 is 20.9 Å². The summed E-state index contributed by atoms with van der Waals surface area (Å²) >= 11 is 1.37. The van der Waals surface area contributed by atoms with Crippen molar-refractivity contribution in [3.05, 3.63) is 36.3 Å². The fraction of sp³-hybridized carbons (Fsp3) is 0.267. The van der Waals surface area contributed by atoms with E-state index in [2.05, 4.69) is 15.4 Å². The lowest BCUT2D eigenvalue weighted by Crippen LogP contribution is -2.39. The number of nitrogens with zero attached hydrogens (tertiary/aromatic N) is 3. The Morgan fingerprint density at radius 1 is 1.46 bits per heavy atom. The first-order chi connectivity index (χ1) is 11.6. The first-order valence-electron chi connectivity index (χ1n) is 7.15. The van der Waals surface area contributed by atoms with Gasteiger partial charge in [0.1, 0.15) is 23.9 Å². The summed E-state index contributed by atoms with van der Waals surface area (Å²) in [7, 11) is 0. The molecule has 0 aliphatic heterocycles. The molecule has 0 saturated carbocycles. The lowest BCUT2D eigenvalue weighted by molar-refractivity contribution is -0.119. The molecule has 0 atom stereocenters. The van der Waals surface area contributed by atoms with E-state index >= 15 is 0 Å². The lowest BCUT2D eigenvalue weighted by atomic mass is 10.2. The van der Waals surface area contributed by atoms with E-state index in [9.17, 15) is 9.18 Å². The molecule has 9 heteroatoms. The molecule has 0 radical (unpaired) electrons. The van der Waals surface area contributed by atoms with Crippen LogP contribution in [0.15, 0.2) is 35.6 Å². The molecule has 0 unspecified atom stereocenters. The Morgan fingerprint density at radius 3 is 2.92 bits per heavy atom. The molecule has 2 rings (SSSR count). The molecule has 0 aliphatic rings. The molecule has 0 bridgehead atoms. The van der Waals surface area contributed by atoms with Crippen molar-refractivity contribution in [2.24, 2.45) is 5.84 Å². The normalized spacial score (nSPS) is 10.3. The quantitative estimate of drug-likeness (QED) is 0.259. The van der Waals surface area contributed by atoms with Gasteiger partial charge in [0, 0.05) is 12.3 Å². The van der Waals surface area contributed by atoms with Crippen LogP contribution in [0.3, 0.4) is 0 Å². The molecule has 2 aromatic rings. The van der Waals surface area contributed by atoms with Crippen molar-refractivity contribution in [3.8, 4) is 5.75 Å². The van der Waals surface area contributed by atoms with Crippen molar-refractivity contribution in [2.75, 3.05) is 24.3 Å². The number of hydrogen-bond donors (Lipinski definition) is 2. The molecule has 1 aromatic carbocycles. The van der Waals surface area contributed by atoms with Gasteiger partial charge < -0.3 is 9.64 Å².